The van der Waals surface area contributed by atoms with Gasteiger partial charge in [0.1, 0.15) is 5.82 Å². The fourth-order valence-corrected chi connectivity index (χ4v) is 2.70. The van der Waals surface area contributed by atoms with E-state index < -0.39 is 0 Å². The van der Waals surface area contributed by atoms with Crippen LogP contribution in [0, 0.1) is 0 Å². The molecule has 1 heterocycles. The Bertz CT molecular complexity index is 609. The van der Waals surface area contributed by atoms with Gasteiger partial charge in [-0.05, 0) is 37.5 Å². The molecule has 0 radical (unpaired) electrons. The minimum absolute atomic E-state index is 0.0453. The van der Waals surface area contributed by atoms with E-state index in [2.05, 4.69) is 34.3 Å². The second-order valence-electron chi connectivity index (χ2n) is 5.11. The quantitative estimate of drug-likeness (QED) is 0.767. The first-order chi connectivity index (χ1) is 10.6. The number of nitrogens with zero attached hydrogens (tertiary/aromatic N) is 2. The van der Waals surface area contributed by atoms with Crippen LogP contribution in [0.3, 0.4) is 0 Å². The molecule has 1 atom stereocenters. The van der Waals surface area contributed by atoms with Gasteiger partial charge in [0, 0.05) is 12.1 Å². The standard InChI is InChI=1S/C16H22N4OS/c1-4-6-14-18-16(20-19-14)22-11(3)15(21)17-13-9-7-12(5-2)8-10-13/h7-11H,4-6H2,1-3H3,(H,17,21)(H,18,19,20)/t11-/m0/s1. The van der Waals surface area contributed by atoms with Crippen molar-refractivity contribution in [2.45, 2.75) is 50.4 Å². The summed E-state index contributed by atoms with van der Waals surface area (Å²) < 4.78 is 0. The molecule has 0 aliphatic carbocycles. The van der Waals surface area contributed by atoms with E-state index in [-0.39, 0.29) is 11.2 Å². The largest absolute Gasteiger partial charge is 0.325 e. The van der Waals surface area contributed by atoms with Crippen LogP contribution in [0.5, 0.6) is 0 Å². The van der Waals surface area contributed by atoms with Gasteiger partial charge in [-0.2, -0.15) is 0 Å². The van der Waals surface area contributed by atoms with Gasteiger partial charge in [-0.1, -0.05) is 37.7 Å². The normalized spacial score (nSPS) is 12.1. The van der Waals surface area contributed by atoms with Crippen LogP contribution in [-0.4, -0.2) is 26.3 Å². The third-order valence-corrected chi connectivity index (χ3v) is 4.24. The number of carbonyl (C=O) groups excluding carboxylic acids is 1. The first kappa shape index (κ1) is 16.5. The topological polar surface area (TPSA) is 70.7 Å². The van der Waals surface area contributed by atoms with E-state index in [0.29, 0.717) is 5.16 Å². The zero-order chi connectivity index (χ0) is 15.9. The maximum absolute atomic E-state index is 12.2. The number of aromatic nitrogens is 3. The fourth-order valence-electron chi connectivity index (χ4n) is 1.96. The first-order valence-corrected chi connectivity index (χ1v) is 8.48. The molecule has 0 aliphatic heterocycles. The third-order valence-electron chi connectivity index (χ3n) is 3.28. The molecular weight excluding hydrogens is 296 g/mol. The zero-order valence-electron chi connectivity index (χ0n) is 13.2. The number of amides is 1. The van der Waals surface area contributed by atoms with Crippen LogP contribution in [0.4, 0.5) is 5.69 Å². The summed E-state index contributed by atoms with van der Waals surface area (Å²) in [5.41, 5.74) is 2.07. The SMILES string of the molecule is CCCc1nc(S[C@@H](C)C(=O)Nc2ccc(CC)cc2)n[nH]1. The maximum Gasteiger partial charge on any atom is 0.237 e. The highest BCUT2D eigenvalue weighted by Crippen LogP contribution is 2.21. The summed E-state index contributed by atoms with van der Waals surface area (Å²) in [5.74, 6) is 0.823. The van der Waals surface area contributed by atoms with Gasteiger partial charge in [-0.3, -0.25) is 9.89 Å². The molecule has 22 heavy (non-hydrogen) atoms. The minimum atomic E-state index is -0.254. The van der Waals surface area contributed by atoms with Crippen molar-refractivity contribution in [3.8, 4) is 0 Å². The number of benzene rings is 1. The molecule has 0 saturated heterocycles. The number of aromatic amines is 1. The molecule has 6 heteroatoms. The molecule has 1 amide bonds. The number of anilines is 1. The van der Waals surface area contributed by atoms with Crippen molar-refractivity contribution in [1.29, 1.82) is 0 Å². The van der Waals surface area contributed by atoms with E-state index in [9.17, 15) is 4.79 Å². The summed E-state index contributed by atoms with van der Waals surface area (Å²) in [6.45, 7) is 6.06. The van der Waals surface area contributed by atoms with Gasteiger partial charge in [0.15, 0.2) is 0 Å². The third kappa shape index (κ3) is 4.59. The smallest absolute Gasteiger partial charge is 0.237 e. The Morgan fingerprint density at radius 3 is 2.68 bits per heavy atom. The summed E-state index contributed by atoms with van der Waals surface area (Å²) in [7, 11) is 0. The second-order valence-corrected chi connectivity index (χ2v) is 6.42. The molecule has 1 aromatic heterocycles. The maximum atomic E-state index is 12.2. The number of H-pyrrole nitrogens is 1. The highest BCUT2D eigenvalue weighted by molar-refractivity contribution is 8.00. The van der Waals surface area contributed by atoms with Gasteiger partial charge in [-0.15, -0.1) is 5.10 Å². The summed E-state index contributed by atoms with van der Waals surface area (Å²) >= 11 is 1.36. The predicted octanol–water partition coefficient (Wildman–Crippen LogP) is 3.44. The summed E-state index contributed by atoms with van der Waals surface area (Å²) in [6.07, 6.45) is 2.88. The monoisotopic (exact) mass is 318 g/mol. The van der Waals surface area contributed by atoms with Crippen LogP contribution in [0.2, 0.25) is 0 Å². The van der Waals surface area contributed by atoms with Crippen LogP contribution in [0.1, 0.15) is 38.6 Å². The molecule has 2 rings (SSSR count). The lowest BCUT2D eigenvalue weighted by atomic mass is 10.1. The van der Waals surface area contributed by atoms with Crippen LogP contribution < -0.4 is 5.32 Å². The van der Waals surface area contributed by atoms with E-state index in [1.54, 1.807) is 0 Å². The highest BCUT2D eigenvalue weighted by Gasteiger charge is 2.17. The Kier molecular flexibility index (Phi) is 6.00. The van der Waals surface area contributed by atoms with Crippen molar-refractivity contribution < 1.29 is 4.79 Å². The van der Waals surface area contributed by atoms with E-state index >= 15 is 0 Å². The van der Waals surface area contributed by atoms with Crippen LogP contribution in [0.25, 0.3) is 0 Å². The number of rotatable bonds is 7. The van der Waals surface area contributed by atoms with Gasteiger partial charge >= 0.3 is 0 Å². The van der Waals surface area contributed by atoms with Gasteiger partial charge in [0.2, 0.25) is 11.1 Å². The molecule has 5 nitrogen and oxygen atoms in total. The Morgan fingerprint density at radius 2 is 2.05 bits per heavy atom. The predicted molar refractivity (Wildman–Crippen MR) is 90.1 cm³/mol. The van der Waals surface area contributed by atoms with Crippen molar-refractivity contribution in [1.82, 2.24) is 15.2 Å². The van der Waals surface area contributed by atoms with E-state index in [1.807, 2.05) is 31.2 Å². The van der Waals surface area contributed by atoms with E-state index in [1.165, 1.54) is 17.3 Å². The van der Waals surface area contributed by atoms with Crippen LogP contribution in [0.15, 0.2) is 29.4 Å². The van der Waals surface area contributed by atoms with Gasteiger partial charge in [0.05, 0.1) is 5.25 Å². The molecular formula is C16H22N4OS. The molecule has 0 fully saturated rings. The zero-order valence-corrected chi connectivity index (χ0v) is 14.0. The molecule has 118 valence electrons. The number of hydrogen-bond donors (Lipinski definition) is 2. The van der Waals surface area contributed by atoms with E-state index in [0.717, 1.165) is 30.8 Å². The second kappa shape index (κ2) is 7.98. The molecule has 1 aromatic carbocycles. The number of thioether (sulfide) groups is 1. The van der Waals surface area contributed by atoms with Gasteiger partial charge in [0.25, 0.3) is 0 Å². The summed E-state index contributed by atoms with van der Waals surface area (Å²) in [6, 6.07) is 7.92. The van der Waals surface area contributed by atoms with Crippen molar-refractivity contribution in [3.05, 3.63) is 35.7 Å². The van der Waals surface area contributed by atoms with Crippen LogP contribution >= 0.6 is 11.8 Å². The van der Waals surface area contributed by atoms with Crippen molar-refractivity contribution in [2.75, 3.05) is 5.32 Å². The molecule has 0 bridgehead atoms. The molecule has 0 saturated carbocycles. The lowest BCUT2D eigenvalue weighted by Crippen LogP contribution is -2.22. The minimum Gasteiger partial charge on any atom is -0.325 e. The van der Waals surface area contributed by atoms with Gasteiger partial charge in [-0.25, -0.2) is 4.98 Å². The summed E-state index contributed by atoms with van der Waals surface area (Å²) in [4.78, 5) is 16.6. The summed E-state index contributed by atoms with van der Waals surface area (Å²) in [5, 5.41) is 10.3. The number of aryl methyl sites for hydroxylation is 2. The average molecular weight is 318 g/mol. The number of nitrogens with one attached hydrogen (secondary N) is 2. The Balaban J connectivity index is 1.90. The van der Waals surface area contributed by atoms with Crippen molar-refractivity contribution >= 4 is 23.4 Å². The molecule has 0 spiro atoms. The van der Waals surface area contributed by atoms with E-state index in [4.69, 9.17) is 0 Å². The highest BCUT2D eigenvalue weighted by atomic mass is 32.2. The van der Waals surface area contributed by atoms with Crippen molar-refractivity contribution in [2.24, 2.45) is 0 Å². The first-order valence-electron chi connectivity index (χ1n) is 7.60. The molecule has 2 aromatic rings. The molecule has 0 unspecified atom stereocenters. The Morgan fingerprint density at radius 1 is 1.32 bits per heavy atom. The van der Waals surface area contributed by atoms with Crippen molar-refractivity contribution in [3.63, 3.8) is 0 Å². The Labute approximate surface area is 135 Å². The molecule has 2 N–H and O–H groups in total. The number of hydrogen-bond acceptors (Lipinski definition) is 4. The lowest BCUT2D eigenvalue weighted by molar-refractivity contribution is -0.115. The number of carbonyl (C=O) groups is 1. The lowest BCUT2D eigenvalue weighted by Gasteiger charge is -2.10. The Hall–Kier alpha value is -1.82. The fraction of sp³-hybridized carbons (Fsp3) is 0.438. The van der Waals surface area contributed by atoms with Crippen LogP contribution in [-0.2, 0) is 17.6 Å². The average Bonchev–Trinajstić information content (AvgIpc) is 2.95. The van der Waals surface area contributed by atoms with Gasteiger partial charge < -0.3 is 5.32 Å². The molecule has 0 aliphatic rings.